The minimum Gasteiger partial charge on any atom is -0.374 e. The van der Waals surface area contributed by atoms with Gasteiger partial charge in [-0.15, -0.1) is 0 Å². The summed E-state index contributed by atoms with van der Waals surface area (Å²) < 4.78 is 7.06. The largest absolute Gasteiger partial charge is 0.374 e. The lowest BCUT2D eigenvalue weighted by Gasteiger charge is -2.16. The predicted molar refractivity (Wildman–Crippen MR) is 72.5 cm³/mol. The summed E-state index contributed by atoms with van der Waals surface area (Å²) in [7, 11) is 0. The zero-order chi connectivity index (χ0) is 11.8. The molecule has 1 rings (SSSR count). The lowest BCUT2D eigenvalue weighted by molar-refractivity contribution is 0.0285. The second kappa shape index (κ2) is 7.86. The highest BCUT2D eigenvalue weighted by atomic mass is 79.9. The lowest BCUT2D eigenvalue weighted by atomic mass is 10.1. The lowest BCUT2D eigenvalue weighted by Crippen LogP contribution is -2.12. The van der Waals surface area contributed by atoms with Crippen molar-refractivity contribution < 1.29 is 4.74 Å². The van der Waals surface area contributed by atoms with Crippen molar-refractivity contribution in [2.45, 2.75) is 52.2 Å². The summed E-state index contributed by atoms with van der Waals surface area (Å²) in [5.74, 6) is 0. The first-order valence-electron chi connectivity index (χ1n) is 6.12. The highest BCUT2D eigenvalue weighted by Gasteiger charge is 2.06. The quantitative estimate of drug-likeness (QED) is 0.690. The van der Waals surface area contributed by atoms with Crippen molar-refractivity contribution in [1.82, 2.24) is 0 Å². The van der Waals surface area contributed by atoms with Crippen molar-refractivity contribution in [3.8, 4) is 0 Å². The van der Waals surface area contributed by atoms with Gasteiger partial charge in [0, 0.05) is 4.47 Å². The van der Waals surface area contributed by atoms with E-state index in [1.807, 2.05) is 6.07 Å². The molecule has 90 valence electrons. The van der Waals surface area contributed by atoms with Gasteiger partial charge in [-0.2, -0.15) is 0 Å². The fraction of sp³-hybridized carbons (Fsp3) is 0.571. The first-order chi connectivity index (χ1) is 7.76. The number of hydrogen-bond donors (Lipinski definition) is 0. The third-order valence-corrected chi connectivity index (χ3v) is 3.09. The van der Waals surface area contributed by atoms with Crippen molar-refractivity contribution >= 4 is 15.9 Å². The molecular weight excluding hydrogens is 264 g/mol. The zero-order valence-electron chi connectivity index (χ0n) is 10.2. The summed E-state index contributed by atoms with van der Waals surface area (Å²) in [5, 5.41) is 0. The summed E-state index contributed by atoms with van der Waals surface area (Å²) in [6.45, 7) is 5.15. The first-order valence-corrected chi connectivity index (χ1v) is 6.91. The summed E-state index contributed by atoms with van der Waals surface area (Å²) in [5.41, 5.74) is 1.24. The van der Waals surface area contributed by atoms with Gasteiger partial charge in [-0.1, -0.05) is 54.8 Å². The number of halogens is 1. The smallest absolute Gasteiger partial charge is 0.0721 e. The molecular formula is C14H21BrO. The van der Waals surface area contributed by atoms with Crippen LogP contribution < -0.4 is 0 Å². The Labute approximate surface area is 107 Å². The molecule has 16 heavy (non-hydrogen) atoms. The van der Waals surface area contributed by atoms with Crippen molar-refractivity contribution in [3.05, 3.63) is 34.3 Å². The number of hydrogen-bond acceptors (Lipinski definition) is 1. The number of rotatable bonds is 7. The highest BCUT2D eigenvalue weighted by molar-refractivity contribution is 9.10. The average molecular weight is 285 g/mol. The molecule has 0 aliphatic carbocycles. The van der Waals surface area contributed by atoms with Gasteiger partial charge in [0.2, 0.25) is 0 Å². The average Bonchev–Trinajstić information content (AvgIpc) is 2.27. The molecule has 0 saturated carbocycles. The van der Waals surface area contributed by atoms with Crippen LogP contribution in [-0.2, 0) is 11.3 Å². The Balaban J connectivity index is 2.41. The van der Waals surface area contributed by atoms with Crippen LogP contribution in [0.25, 0.3) is 0 Å². The molecule has 2 heteroatoms. The van der Waals surface area contributed by atoms with Crippen LogP contribution in [0.2, 0.25) is 0 Å². The Kier molecular flexibility index (Phi) is 6.74. The maximum absolute atomic E-state index is 5.94. The molecule has 0 aliphatic rings. The van der Waals surface area contributed by atoms with Gasteiger partial charge >= 0.3 is 0 Å². The van der Waals surface area contributed by atoms with E-state index in [0.29, 0.717) is 6.10 Å². The van der Waals surface area contributed by atoms with Crippen LogP contribution in [0.3, 0.4) is 0 Å². The van der Waals surface area contributed by atoms with Crippen LogP contribution in [0, 0.1) is 0 Å². The Morgan fingerprint density at radius 1 is 1.19 bits per heavy atom. The van der Waals surface area contributed by atoms with Gasteiger partial charge in [-0.3, -0.25) is 0 Å². The second-order valence-electron chi connectivity index (χ2n) is 4.14. The molecule has 0 unspecified atom stereocenters. The second-order valence-corrected chi connectivity index (χ2v) is 5.06. The predicted octanol–water partition coefficient (Wildman–Crippen LogP) is 4.93. The van der Waals surface area contributed by atoms with Gasteiger partial charge in [0.25, 0.3) is 0 Å². The minimum absolute atomic E-state index is 0.425. The van der Waals surface area contributed by atoms with E-state index in [2.05, 4.69) is 48.0 Å². The molecule has 0 bridgehead atoms. The first kappa shape index (κ1) is 13.7. The van der Waals surface area contributed by atoms with E-state index in [-0.39, 0.29) is 0 Å². The van der Waals surface area contributed by atoms with E-state index in [1.165, 1.54) is 31.2 Å². The van der Waals surface area contributed by atoms with Gasteiger partial charge in [-0.05, 0) is 30.5 Å². The summed E-state index contributed by atoms with van der Waals surface area (Å²) in [6.07, 6.45) is 5.16. The number of ether oxygens (including phenoxy) is 1. The maximum atomic E-state index is 5.94. The third kappa shape index (κ3) is 5.13. The Hall–Kier alpha value is -0.340. The molecule has 0 saturated heterocycles. The van der Waals surface area contributed by atoms with Gasteiger partial charge in [0.15, 0.2) is 0 Å². The molecule has 0 aliphatic heterocycles. The van der Waals surface area contributed by atoms with Crippen LogP contribution >= 0.6 is 15.9 Å². The SMILES string of the molecule is CCCC(CCC)OCc1cccc(Br)c1. The van der Waals surface area contributed by atoms with Crippen LogP contribution in [0.1, 0.15) is 45.1 Å². The molecule has 0 amide bonds. The van der Waals surface area contributed by atoms with Crippen molar-refractivity contribution in [2.24, 2.45) is 0 Å². The monoisotopic (exact) mass is 284 g/mol. The molecule has 1 aromatic rings. The molecule has 0 radical (unpaired) electrons. The Bertz CT molecular complexity index is 293. The van der Waals surface area contributed by atoms with E-state index in [4.69, 9.17) is 4.74 Å². The van der Waals surface area contributed by atoms with Gasteiger partial charge in [-0.25, -0.2) is 0 Å². The van der Waals surface area contributed by atoms with Crippen molar-refractivity contribution in [1.29, 1.82) is 0 Å². The minimum atomic E-state index is 0.425. The van der Waals surface area contributed by atoms with Crippen LogP contribution in [0.5, 0.6) is 0 Å². The summed E-state index contributed by atoms with van der Waals surface area (Å²) >= 11 is 3.48. The Morgan fingerprint density at radius 2 is 1.88 bits per heavy atom. The van der Waals surface area contributed by atoms with E-state index in [9.17, 15) is 0 Å². The van der Waals surface area contributed by atoms with Gasteiger partial charge < -0.3 is 4.74 Å². The van der Waals surface area contributed by atoms with E-state index >= 15 is 0 Å². The van der Waals surface area contributed by atoms with E-state index in [1.54, 1.807) is 0 Å². The number of benzene rings is 1. The van der Waals surface area contributed by atoms with Crippen molar-refractivity contribution in [3.63, 3.8) is 0 Å². The maximum Gasteiger partial charge on any atom is 0.0721 e. The zero-order valence-corrected chi connectivity index (χ0v) is 11.8. The molecule has 1 nitrogen and oxygen atoms in total. The molecule has 0 N–H and O–H groups in total. The van der Waals surface area contributed by atoms with E-state index in [0.717, 1.165) is 11.1 Å². The molecule has 0 fully saturated rings. The van der Waals surface area contributed by atoms with Gasteiger partial charge in [0.05, 0.1) is 12.7 Å². The third-order valence-electron chi connectivity index (χ3n) is 2.60. The standard InChI is InChI=1S/C14H21BrO/c1-3-6-14(7-4-2)16-11-12-8-5-9-13(15)10-12/h5,8-10,14H,3-4,6-7,11H2,1-2H3. The van der Waals surface area contributed by atoms with Gasteiger partial charge in [0.1, 0.15) is 0 Å². The topological polar surface area (TPSA) is 9.23 Å². The fourth-order valence-electron chi connectivity index (χ4n) is 1.80. The van der Waals surface area contributed by atoms with E-state index < -0.39 is 0 Å². The molecule has 0 heterocycles. The van der Waals surface area contributed by atoms with Crippen molar-refractivity contribution in [2.75, 3.05) is 0 Å². The van der Waals surface area contributed by atoms with Crippen LogP contribution in [-0.4, -0.2) is 6.10 Å². The molecule has 0 spiro atoms. The molecule has 1 aromatic carbocycles. The normalized spacial score (nSPS) is 11.0. The van der Waals surface area contributed by atoms with Crippen LogP contribution in [0.15, 0.2) is 28.7 Å². The Morgan fingerprint density at radius 3 is 2.44 bits per heavy atom. The highest BCUT2D eigenvalue weighted by Crippen LogP contribution is 2.15. The van der Waals surface area contributed by atoms with Crippen LogP contribution in [0.4, 0.5) is 0 Å². The molecule has 0 atom stereocenters. The fourth-order valence-corrected chi connectivity index (χ4v) is 2.24. The summed E-state index contributed by atoms with van der Waals surface area (Å²) in [4.78, 5) is 0. The molecule has 0 aromatic heterocycles. The summed E-state index contributed by atoms with van der Waals surface area (Å²) in [6, 6.07) is 8.32.